The average Bonchev–Trinajstić information content (AvgIpc) is 2.86. The number of ether oxygens (including phenoxy) is 1. The summed E-state index contributed by atoms with van der Waals surface area (Å²) in [5, 5.41) is 6.53. The molecule has 0 unspecified atom stereocenters. The molecule has 0 radical (unpaired) electrons. The maximum absolute atomic E-state index is 13.0. The van der Waals surface area contributed by atoms with Crippen molar-refractivity contribution in [3.63, 3.8) is 0 Å². The summed E-state index contributed by atoms with van der Waals surface area (Å²) in [6, 6.07) is 19.8. The Bertz CT molecular complexity index is 1300. The molecule has 0 aliphatic heterocycles. The van der Waals surface area contributed by atoms with Gasteiger partial charge >= 0.3 is 5.97 Å². The summed E-state index contributed by atoms with van der Waals surface area (Å²) >= 11 is 6.06. The van der Waals surface area contributed by atoms with E-state index >= 15 is 0 Å². The standard InChI is InChI=1S/C27H29ClN2O5S.ClH/c1-3-30-27(32)21-9-13-25(14-10-21)36(33,34)24-11-7-20(8-12-24)15-16-29-18-26(35-19(2)31)22-5-4-6-23(28)17-22;/h4-14,17,26,29H,3,15-16,18H2,1-2H3,(H,30,32);1H/t26-;/m1./s1. The first-order valence-electron chi connectivity index (χ1n) is 11.6. The monoisotopic (exact) mass is 564 g/mol. The maximum Gasteiger partial charge on any atom is 0.303 e. The number of hydrogen-bond donors (Lipinski definition) is 2. The SMILES string of the molecule is CCNC(=O)c1ccc(S(=O)(=O)c2ccc(CCNC[C@@H](OC(C)=O)c3cccc(Cl)c3)cc2)cc1.Cl. The van der Waals surface area contributed by atoms with Crippen LogP contribution in [0.5, 0.6) is 0 Å². The van der Waals surface area contributed by atoms with Crippen LogP contribution in [0, 0.1) is 0 Å². The van der Waals surface area contributed by atoms with E-state index in [2.05, 4.69) is 10.6 Å². The summed E-state index contributed by atoms with van der Waals surface area (Å²) in [7, 11) is -3.70. The van der Waals surface area contributed by atoms with Crippen molar-refractivity contribution in [3.8, 4) is 0 Å². The molecule has 10 heteroatoms. The van der Waals surface area contributed by atoms with E-state index in [0.717, 1.165) is 11.1 Å². The molecule has 0 fully saturated rings. The molecule has 0 heterocycles. The van der Waals surface area contributed by atoms with Gasteiger partial charge in [-0.2, -0.15) is 0 Å². The topological polar surface area (TPSA) is 102 Å². The van der Waals surface area contributed by atoms with Crippen molar-refractivity contribution in [2.45, 2.75) is 36.2 Å². The van der Waals surface area contributed by atoms with Gasteiger partial charge in [-0.15, -0.1) is 12.4 Å². The minimum Gasteiger partial charge on any atom is -0.456 e. The van der Waals surface area contributed by atoms with Crippen molar-refractivity contribution in [3.05, 3.63) is 94.5 Å². The number of esters is 1. The van der Waals surface area contributed by atoms with E-state index in [4.69, 9.17) is 16.3 Å². The van der Waals surface area contributed by atoms with Gasteiger partial charge in [0.25, 0.3) is 5.91 Å². The van der Waals surface area contributed by atoms with Crippen molar-refractivity contribution in [2.24, 2.45) is 0 Å². The quantitative estimate of drug-likeness (QED) is 0.256. The predicted molar refractivity (Wildman–Crippen MR) is 146 cm³/mol. The number of rotatable bonds is 11. The zero-order valence-corrected chi connectivity index (χ0v) is 23.0. The van der Waals surface area contributed by atoms with Gasteiger partial charge in [-0.3, -0.25) is 9.59 Å². The molecule has 0 aromatic heterocycles. The highest BCUT2D eigenvalue weighted by Gasteiger charge is 2.18. The molecule has 0 saturated heterocycles. The first kappa shape index (κ1) is 30.3. The second-order valence-electron chi connectivity index (χ2n) is 8.14. The van der Waals surface area contributed by atoms with Crippen LogP contribution in [-0.2, 0) is 25.8 Å². The second kappa shape index (κ2) is 14.1. The zero-order chi connectivity index (χ0) is 26.1. The Morgan fingerprint density at radius 1 is 0.973 bits per heavy atom. The number of carbonyl (C=O) groups excluding carboxylic acids is 2. The van der Waals surface area contributed by atoms with Crippen molar-refractivity contribution >= 4 is 45.7 Å². The minimum atomic E-state index is -3.70. The Morgan fingerprint density at radius 2 is 1.59 bits per heavy atom. The molecular formula is C27H30Cl2N2O5S. The highest BCUT2D eigenvalue weighted by atomic mass is 35.5. The van der Waals surface area contributed by atoms with Crippen molar-refractivity contribution in [2.75, 3.05) is 19.6 Å². The van der Waals surface area contributed by atoms with Gasteiger partial charge in [0.15, 0.2) is 0 Å². The van der Waals surface area contributed by atoms with Crippen LogP contribution in [0.1, 0.15) is 41.4 Å². The maximum atomic E-state index is 13.0. The molecule has 0 aliphatic rings. The molecule has 2 N–H and O–H groups in total. The molecule has 3 aromatic rings. The first-order valence-corrected chi connectivity index (χ1v) is 13.4. The number of carbonyl (C=O) groups is 2. The molecule has 7 nitrogen and oxygen atoms in total. The highest BCUT2D eigenvalue weighted by molar-refractivity contribution is 7.91. The van der Waals surface area contributed by atoms with E-state index in [1.165, 1.54) is 31.2 Å². The second-order valence-corrected chi connectivity index (χ2v) is 10.5. The molecule has 0 saturated carbocycles. The van der Waals surface area contributed by atoms with E-state index in [1.54, 1.807) is 42.5 Å². The van der Waals surface area contributed by atoms with E-state index in [1.807, 2.05) is 13.0 Å². The van der Waals surface area contributed by atoms with Crippen LogP contribution in [0.15, 0.2) is 82.6 Å². The lowest BCUT2D eigenvalue weighted by Gasteiger charge is -2.18. The van der Waals surface area contributed by atoms with Crippen LogP contribution in [0.3, 0.4) is 0 Å². The fourth-order valence-corrected chi connectivity index (χ4v) is 5.08. The third kappa shape index (κ3) is 8.57. The third-order valence-corrected chi connectivity index (χ3v) is 7.47. The first-order chi connectivity index (χ1) is 17.2. The Labute approximate surface area is 228 Å². The van der Waals surface area contributed by atoms with Gasteiger partial charge in [-0.25, -0.2) is 8.42 Å². The van der Waals surface area contributed by atoms with E-state index in [0.29, 0.717) is 36.6 Å². The number of halogens is 2. The summed E-state index contributed by atoms with van der Waals surface area (Å²) in [5.41, 5.74) is 2.17. The minimum absolute atomic E-state index is 0. The number of nitrogens with one attached hydrogen (secondary N) is 2. The fourth-order valence-electron chi connectivity index (χ4n) is 3.62. The molecule has 1 amide bonds. The Balaban J connectivity index is 0.00000481. The van der Waals surface area contributed by atoms with Crippen LogP contribution in [0.2, 0.25) is 5.02 Å². The lowest BCUT2D eigenvalue weighted by Crippen LogP contribution is -2.26. The van der Waals surface area contributed by atoms with Gasteiger partial charge in [-0.05, 0) is 79.5 Å². The predicted octanol–water partition coefficient (Wildman–Crippen LogP) is 4.78. The van der Waals surface area contributed by atoms with Crippen LogP contribution in [-0.4, -0.2) is 39.9 Å². The van der Waals surface area contributed by atoms with E-state index < -0.39 is 15.9 Å². The van der Waals surface area contributed by atoms with Gasteiger partial charge in [0.1, 0.15) is 6.10 Å². The summed E-state index contributed by atoms with van der Waals surface area (Å²) in [6.45, 7) is 4.70. The van der Waals surface area contributed by atoms with Crippen LogP contribution in [0.4, 0.5) is 0 Å². The van der Waals surface area contributed by atoms with Gasteiger partial charge in [-0.1, -0.05) is 35.9 Å². The van der Waals surface area contributed by atoms with Gasteiger partial charge in [0.05, 0.1) is 9.79 Å². The van der Waals surface area contributed by atoms with Crippen LogP contribution < -0.4 is 10.6 Å². The van der Waals surface area contributed by atoms with Crippen molar-refractivity contribution in [1.29, 1.82) is 0 Å². The highest BCUT2D eigenvalue weighted by Crippen LogP contribution is 2.23. The lowest BCUT2D eigenvalue weighted by atomic mass is 10.1. The third-order valence-electron chi connectivity index (χ3n) is 5.45. The summed E-state index contributed by atoms with van der Waals surface area (Å²) in [4.78, 5) is 23.7. The van der Waals surface area contributed by atoms with E-state index in [-0.39, 0.29) is 34.1 Å². The molecule has 198 valence electrons. The number of benzene rings is 3. The summed E-state index contributed by atoms with van der Waals surface area (Å²) in [6.07, 6.45) is 0.192. The largest absolute Gasteiger partial charge is 0.456 e. The Morgan fingerprint density at radius 3 is 2.16 bits per heavy atom. The Hall–Kier alpha value is -2.91. The lowest BCUT2D eigenvalue weighted by molar-refractivity contribution is -0.146. The molecule has 3 aromatic carbocycles. The number of amides is 1. The van der Waals surface area contributed by atoms with Gasteiger partial charge in [0.2, 0.25) is 9.84 Å². The molecule has 37 heavy (non-hydrogen) atoms. The Kier molecular flexibility index (Phi) is 11.6. The molecular weight excluding hydrogens is 535 g/mol. The van der Waals surface area contributed by atoms with Gasteiger partial charge < -0.3 is 15.4 Å². The smallest absolute Gasteiger partial charge is 0.303 e. The molecule has 0 aliphatic carbocycles. The molecule has 0 spiro atoms. The van der Waals surface area contributed by atoms with Crippen LogP contribution >= 0.6 is 24.0 Å². The molecule has 3 rings (SSSR count). The van der Waals surface area contributed by atoms with Crippen molar-refractivity contribution in [1.82, 2.24) is 10.6 Å². The van der Waals surface area contributed by atoms with E-state index in [9.17, 15) is 18.0 Å². The summed E-state index contributed by atoms with van der Waals surface area (Å²) < 4.78 is 31.4. The average molecular weight is 566 g/mol. The van der Waals surface area contributed by atoms with Crippen LogP contribution in [0.25, 0.3) is 0 Å². The number of sulfone groups is 1. The van der Waals surface area contributed by atoms with Crippen molar-refractivity contribution < 1.29 is 22.7 Å². The number of hydrogen-bond acceptors (Lipinski definition) is 6. The fraction of sp³-hybridized carbons (Fsp3) is 0.259. The van der Waals surface area contributed by atoms with Gasteiger partial charge in [0, 0.05) is 30.6 Å². The molecule has 1 atom stereocenters. The summed E-state index contributed by atoms with van der Waals surface area (Å²) in [5.74, 6) is -0.622. The zero-order valence-electron chi connectivity index (χ0n) is 20.6. The normalized spacial score (nSPS) is 11.8. The molecule has 0 bridgehead atoms.